The minimum absolute atomic E-state index is 0.102. The molecule has 0 bridgehead atoms. The van der Waals surface area contributed by atoms with Crippen molar-refractivity contribution >= 4 is 5.91 Å². The molecule has 1 amide bonds. The largest absolute Gasteiger partial charge is 0.340 e. The first-order valence-electron chi connectivity index (χ1n) is 6.13. The van der Waals surface area contributed by atoms with E-state index in [4.69, 9.17) is 5.73 Å². The third-order valence-electron chi connectivity index (χ3n) is 2.94. The molecule has 1 aromatic carbocycles. The standard InChI is InChI=1S/C15H17N3O/c1-18(11-12-6-5-9-17-10-12)15(19)14(16)13-7-3-2-4-8-13/h2-10,14H,11,16H2,1H3/t14-/m0/s1. The maximum Gasteiger partial charge on any atom is 0.244 e. The third kappa shape index (κ3) is 3.39. The van der Waals surface area contributed by atoms with E-state index < -0.39 is 6.04 Å². The van der Waals surface area contributed by atoms with E-state index in [1.165, 1.54) is 0 Å². The molecule has 0 saturated heterocycles. The van der Waals surface area contributed by atoms with Crippen molar-refractivity contribution in [3.63, 3.8) is 0 Å². The number of nitrogens with zero attached hydrogens (tertiary/aromatic N) is 2. The first-order chi connectivity index (χ1) is 9.18. The number of pyridine rings is 1. The van der Waals surface area contributed by atoms with Crippen LogP contribution in [0, 0.1) is 0 Å². The summed E-state index contributed by atoms with van der Waals surface area (Å²) in [6.07, 6.45) is 3.46. The molecule has 4 heteroatoms. The Labute approximate surface area is 112 Å². The first-order valence-corrected chi connectivity index (χ1v) is 6.13. The van der Waals surface area contributed by atoms with E-state index in [2.05, 4.69) is 4.98 Å². The van der Waals surface area contributed by atoms with Gasteiger partial charge in [-0.2, -0.15) is 0 Å². The topological polar surface area (TPSA) is 59.2 Å². The zero-order chi connectivity index (χ0) is 13.7. The van der Waals surface area contributed by atoms with Gasteiger partial charge in [0, 0.05) is 26.0 Å². The van der Waals surface area contributed by atoms with Crippen LogP contribution in [0.15, 0.2) is 54.9 Å². The fraction of sp³-hybridized carbons (Fsp3) is 0.200. The van der Waals surface area contributed by atoms with Crippen molar-refractivity contribution in [1.82, 2.24) is 9.88 Å². The number of nitrogens with two attached hydrogens (primary N) is 1. The Bertz CT molecular complexity index is 528. The van der Waals surface area contributed by atoms with Crippen LogP contribution < -0.4 is 5.73 Å². The molecule has 2 rings (SSSR count). The van der Waals surface area contributed by atoms with Gasteiger partial charge in [0.25, 0.3) is 0 Å². The Morgan fingerprint density at radius 3 is 2.63 bits per heavy atom. The van der Waals surface area contributed by atoms with E-state index in [1.54, 1.807) is 24.3 Å². The number of benzene rings is 1. The molecule has 2 N–H and O–H groups in total. The molecular weight excluding hydrogens is 238 g/mol. The summed E-state index contributed by atoms with van der Waals surface area (Å²) in [6, 6.07) is 12.5. The van der Waals surface area contributed by atoms with E-state index >= 15 is 0 Å². The van der Waals surface area contributed by atoms with Crippen molar-refractivity contribution in [3.05, 3.63) is 66.0 Å². The maximum atomic E-state index is 12.2. The van der Waals surface area contributed by atoms with Crippen molar-refractivity contribution in [2.45, 2.75) is 12.6 Å². The summed E-state index contributed by atoms with van der Waals surface area (Å²) in [5.74, 6) is -0.102. The van der Waals surface area contributed by atoms with Crippen LogP contribution >= 0.6 is 0 Å². The summed E-state index contributed by atoms with van der Waals surface area (Å²) >= 11 is 0. The van der Waals surface area contributed by atoms with Gasteiger partial charge >= 0.3 is 0 Å². The van der Waals surface area contributed by atoms with Gasteiger partial charge in [0.15, 0.2) is 0 Å². The van der Waals surface area contributed by atoms with Crippen LogP contribution in [-0.4, -0.2) is 22.8 Å². The van der Waals surface area contributed by atoms with Crippen LogP contribution in [0.3, 0.4) is 0 Å². The summed E-state index contributed by atoms with van der Waals surface area (Å²) in [5, 5.41) is 0. The van der Waals surface area contributed by atoms with Crippen LogP contribution in [0.4, 0.5) is 0 Å². The smallest absolute Gasteiger partial charge is 0.244 e. The van der Waals surface area contributed by atoms with Crippen molar-refractivity contribution in [2.24, 2.45) is 5.73 Å². The van der Waals surface area contributed by atoms with Gasteiger partial charge in [-0.05, 0) is 17.2 Å². The second kappa shape index (κ2) is 6.11. The number of carbonyl (C=O) groups is 1. The number of amides is 1. The van der Waals surface area contributed by atoms with Gasteiger partial charge in [-0.25, -0.2) is 0 Å². The molecule has 0 radical (unpaired) electrons. The molecule has 0 aliphatic rings. The minimum atomic E-state index is -0.622. The quantitative estimate of drug-likeness (QED) is 0.905. The Kier molecular flexibility index (Phi) is 4.26. The molecule has 0 fully saturated rings. The van der Waals surface area contributed by atoms with E-state index in [0.717, 1.165) is 11.1 Å². The van der Waals surface area contributed by atoms with Gasteiger partial charge in [0.2, 0.25) is 5.91 Å². The van der Waals surface area contributed by atoms with Gasteiger partial charge in [-0.1, -0.05) is 36.4 Å². The highest BCUT2D eigenvalue weighted by Crippen LogP contribution is 2.13. The van der Waals surface area contributed by atoms with Crippen LogP contribution in [0.5, 0.6) is 0 Å². The van der Waals surface area contributed by atoms with Gasteiger partial charge < -0.3 is 10.6 Å². The molecule has 19 heavy (non-hydrogen) atoms. The molecule has 0 saturated carbocycles. The number of aromatic nitrogens is 1. The molecule has 0 spiro atoms. The van der Waals surface area contributed by atoms with E-state index in [9.17, 15) is 4.79 Å². The summed E-state index contributed by atoms with van der Waals surface area (Å²) < 4.78 is 0. The average Bonchev–Trinajstić information content (AvgIpc) is 2.47. The van der Waals surface area contributed by atoms with Crippen molar-refractivity contribution in [3.8, 4) is 0 Å². The molecule has 0 unspecified atom stereocenters. The fourth-order valence-electron chi connectivity index (χ4n) is 1.88. The lowest BCUT2D eigenvalue weighted by Gasteiger charge is -2.21. The van der Waals surface area contributed by atoms with E-state index in [1.807, 2.05) is 42.5 Å². The zero-order valence-corrected chi connectivity index (χ0v) is 10.9. The predicted molar refractivity (Wildman–Crippen MR) is 74.1 cm³/mol. The summed E-state index contributed by atoms with van der Waals surface area (Å²) in [4.78, 5) is 17.9. The van der Waals surface area contributed by atoms with Crippen LogP contribution in [0.2, 0.25) is 0 Å². The molecule has 1 heterocycles. The number of hydrogen-bond donors (Lipinski definition) is 1. The number of likely N-dealkylation sites (N-methyl/N-ethyl adjacent to an activating group) is 1. The van der Waals surface area contributed by atoms with Crippen LogP contribution in [-0.2, 0) is 11.3 Å². The van der Waals surface area contributed by atoms with Crippen LogP contribution in [0.25, 0.3) is 0 Å². The molecule has 98 valence electrons. The normalized spacial score (nSPS) is 11.9. The lowest BCUT2D eigenvalue weighted by Crippen LogP contribution is -2.35. The molecule has 0 aliphatic heterocycles. The highest BCUT2D eigenvalue weighted by atomic mass is 16.2. The average molecular weight is 255 g/mol. The molecular formula is C15H17N3O. The van der Waals surface area contributed by atoms with E-state index in [-0.39, 0.29) is 5.91 Å². The predicted octanol–water partition coefficient (Wildman–Crippen LogP) is 1.74. The van der Waals surface area contributed by atoms with Gasteiger partial charge in [0.05, 0.1) is 0 Å². The molecule has 1 atom stereocenters. The van der Waals surface area contributed by atoms with E-state index in [0.29, 0.717) is 6.54 Å². The molecule has 1 aromatic heterocycles. The Morgan fingerprint density at radius 1 is 1.26 bits per heavy atom. The van der Waals surface area contributed by atoms with Gasteiger partial charge in [-0.15, -0.1) is 0 Å². The lowest BCUT2D eigenvalue weighted by atomic mass is 10.1. The molecule has 2 aromatic rings. The summed E-state index contributed by atoms with van der Waals surface area (Å²) in [5.41, 5.74) is 7.80. The molecule has 0 aliphatic carbocycles. The number of carbonyl (C=O) groups excluding carboxylic acids is 1. The fourth-order valence-corrected chi connectivity index (χ4v) is 1.88. The minimum Gasteiger partial charge on any atom is -0.340 e. The zero-order valence-electron chi connectivity index (χ0n) is 10.9. The highest BCUT2D eigenvalue weighted by molar-refractivity contribution is 5.82. The molecule has 4 nitrogen and oxygen atoms in total. The number of hydrogen-bond acceptors (Lipinski definition) is 3. The number of rotatable bonds is 4. The second-order valence-corrected chi connectivity index (χ2v) is 4.44. The Balaban J connectivity index is 2.03. The van der Waals surface area contributed by atoms with Crippen LogP contribution in [0.1, 0.15) is 17.2 Å². The summed E-state index contributed by atoms with van der Waals surface area (Å²) in [6.45, 7) is 0.507. The second-order valence-electron chi connectivity index (χ2n) is 4.44. The Hall–Kier alpha value is -2.20. The van der Waals surface area contributed by atoms with Gasteiger partial charge in [-0.3, -0.25) is 9.78 Å². The SMILES string of the molecule is CN(Cc1cccnc1)C(=O)[C@@H](N)c1ccccc1. The maximum absolute atomic E-state index is 12.2. The summed E-state index contributed by atoms with van der Waals surface area (Å²) in [7, 11) is 1.75. The van der Waals surface area contributed by atoms with Crippen molar-refractivity contribution in [1.29, 1.82) is 0 Å². The monoisotopic (exact) mass is 255 g/mol. The highest BCUT2D eigenvalue weighted by Gasteiger charge is 2.19. The lowest BCUT2D eigenvalue weighted by molar-refractivity contribution is -0.131. The van der Waals surface area contributed by atoms with Gasteiger partial charge in [0.1, 0.15) is 6.04 Å². The third-order valence-corrected chi connectivity index (χ3v) is 2.94. The van der Waals surface area contributed by atoms with Crippen molar-refractivity contribution in [2.75, 3.05) is 7.05 Å². The first kappa shape index (κ1) is 13.2. The Morgan fingerprint density at radius 2 is 2.00 bits per heavy atom. The van der Waals surface area contributed by atoms with Crippen molar-refractivity contribution < 1.29 is 4.79 Å².